The second kappa shape index (κ2) is 10.3. The van der Waals surface area contributed by atoms with Gasteiger partial charge in [0.05, 0.1) is 12.0 Å². The molecule has 0 radical (unpaired) electrons. The molecule has 3 nitrogen and oxygen atoms in total. The van der Waals surface area contributed by atoms with Crippen molar-refractivity contribution < 1.29 is 13.3 Å². The van der Waals surface area contributed by atoms with Crippen molar-refractivity contribution in [3.8, 4) is 0 Å². The fourth-order valence-corrected chi connectivity index (χ4v) is 4.75. The van der Waals surface area contributed by atoms with Crippen LogP contribution < -0.4 is 0 Å². The van der Waals surface area contributed by atoms with Crippen molar-refractivity contribution in [2.24, 2.45) is 0 Å². The molecule has 0 aliphatic heterocycles. The summed E-state index contributed by atoms with van der Waals surface area (Å²) in [7, 11) is -2.20. The molecule has 0 spiro atoms. The van der Waals surface area contributed by atoms with E-state index >= 15 is 0 Å². The lowest BCUT2D eigenvalue weighted by molar-refractivity contribution is 0.0910. The lowest BCUT2D eigenvalue weighted by atomic mass is 9.70. The molecule has 4 heteroatoms. The van der Waals surface area contributed by atoms with Crippen molar-refractivity contribution in [1.82, 2.24) is 0 Å². The van der Waals surface area contributed by atoms with Crippen LogP contribution >= 0.6 is 0 Å². The van der Waals surface area contributed by atoms with Crippen LogP contribution in [-0.4, -0.2) is 29.3 Å². The molecule has 0 saturated carbocycles. The average Bonchev–Trinajstić information content (AvgIpc) is 2.77. The zero-order valence-corrected chi connectivity index (χ0v) is 17.7. The molecular formula is C24H28O3Si. The Morgan fingerprint density at radius 3 is 1.25 bits per heavy atom. The molecule has 0 aliphatic rings. The highest BCUT2D eigenvalue weighted by molar-refractivity contribution is 6.36. The second-order valence-corrected chi connectivity index (χ2v) is 8.09. The van der Waals surface area contributed by atoms with Crippen LogP contribution in [0.15, 0.2) is 91.0 Å². The van der Waals surface area contributed by atoms with E-state index in [4.69, 9.17) is 13.3 Å². The standard InChI is InChI=1S/C24H28O3Si/c1-3-25-28(26-4-2)27-20-24(21-14-8-5-9-15-21,22-16-10-6-11-17-22)23-18-12-7-13-19-23/h5-19,28H,3-4,20H2,1-2H3. The Morgan fingerprint density at radius 1 is 0.571 bits per heavy atom. The third kappa shape index (κ3) is 4.59. The van der Waals surface area contributed by atoms with Gasteiger partial charge >= 0.3 is 9.53 Å². The van der Waals surface area contributed by atoms with E-state index in [2.05, 4.69) is 72.8 Å². The third-order valence-electron chi connectivity index (χ3n) is 4.84. The first-order chi connectivity index (χ1) is 13.8. The molecule has 0 amide bonds. The van der Waals surface area contributed by atoms with E-state index < -0.39 is 14.9 Å². The summed E-state index contributed by atoms with van der Waals surface area (Å²) in [4.78, 5) is 0. The Balaban J connectivity index is 2.11. The topological polar surface area (TPSA) is 27.7 Å². The van der Waals surface area contributed by atoms with Crippen molar-refractivity contribution in [2.75, 3.05) is 19.8 Å². The van der Waals surface area contributed by atoms with Crippen molar-refractivity contribution in [3.63, 3.8) is 0 Å². The molecule has 0 aliphatic carbocycles. The predicted octanol–water partition coefficient (Wildman–Crippen LogP) is 4.83. The first kappa shape index (κ1) is 20.5. The number of hydrogen-bond donors (Lipinski definition) is 0. The summed E-state index contributed by atoms with van der Waals surface area (Å²) in [5, 5.41) is 0. The summed E-state index contributed by atoms with van der Waals surface area (Å²) in [6.45, 7) is 5.59. The van der Waals surface area contributed by atoms with Crippen LogP contribution in [0.25, 0.3) is 0 Å². The van der Waals surface area contributed by atoms with Gasteiger partial charge in [-0.2, -0.15) is 0 Å². The molecule has 0 bridgehead atoms. The summed E-state index contributed by atoms with van der Waals surface area (Å²) < 4.78 is 17.9. The normalized spacial score (nSPS) is 11.7. The van der Waals surface area contributed by atoms with Crippen LogP contribution in [0.3, 0.4) is 0 Å². The van der Waals surface area contributed by atoms with Crippen LogP contribution in [0.2, 0.25) is 0 Å². The van der Waals surface area contributed by atoms with E-state index in [1.54, 1.807) is 0 Å². The van der Waals surface area contributed by atoms with Gasteiger partial charge in [-0.25, -0.2) is 0 Å². The highest BCUT2D eigenvalue weighted by Gasteiger charge is 2.37. The minimum absolute atomic E-state index is 0.441. The maximum atomic E-state index is 6.35. The first-order valence-electron chi connectivity index (χ1n) is 9.82. The molecule has 3 aromatic rings. The van der Waals surface area contributed by atoms with Crippen molar-refractivity contribution in [3.05, 3.63) is 108 Å². The summed E-state index contributed by atoms with van der Waals surface area (Å²) in [5.41, 5.74) is 3.12. The molecule has 28 heavy (non-hydrogen) atoms. The molecule has 0 aromatic heterocycles. The van der Waals surface area contributed by atoms with Gasteiger partial charge in [0.2, 0.25) is 0 Å². The molecule has 146 valence electrons. The van der Waals surface area contributed by atoms with Crippen LogP contribution in [0, 0.1) is 0 Å². The minimum atomic E-state index is -2.20. The molecule has 3 aromatic carbocycles. The van der Waals surface area contributed by atoms with Gasteiger partial charge in [0.1, 0.15) is 0 Å². The maximum absolute atomic E-state index is 6.35. The molecule has 0 heterocycles. The van der Waals surface area contributed by atoms with E-state index in [9.17, 15) is 0 Å². The average molecular weight is 393 g/mol. The first-order valence-corrected chi connectivity index (χ1v) is 11.2. The Morgan fingerprint density at radius 2 is 0.929 bits per heavy atom. The largest absolute Gasteiger partial charge is 0.484 e. The highest BCUT2D eigenvalue weighted by atomic mass is 28.3. The van der Waals surface area contributed by atoms with Gasteiger partial charge in [0.25, 0.3) is 0 Å². The number of rotatable bonds is 10. The van der Waals surface area contributed by atoms with E-state index in [0.29, 0.717) is 19.8 Å². The van der Waals surface area contributed by atoms with E-state index in [0.717, 1.165) is 0 Å². The SMILES string of the molecule is CCO[SiH](OCC)OCC(c1ccccc1)(c1ccccc1)c1ccccc1. The second-order valence-electron chi connectivity index (χ2n) is 6.51. The zero-order valence-electron chi connectivity index (χ0n) is 16.6. The van der Waals surface area contributed by atoms with E-state index in [1.165, 1.54) is 16.7 Å². The van der Waals surface area contributed by atoms with Gasteiger partial charge in [-0.15, -0.1) is 0 Å². The quantitative estimate of drug-likeness (QED) is 0.365. The van der Waals surface area contributed by atoms with E-state index in [1.807, 2.05) is 32.0 Å². The van der Waals surface area contributed by atoms with Crippen LogP contribution in [0.5, 0.6) is 0 Å². The third-order valence-corrected chi connectivity index (χ3v) is 6.49. The van der Waals surface area contributed by atoms with Gasteiger partial charge in [0, 0.05) is 13.2 Å². The highest BCUT2D eigenvalue weighted by Crippen LogP contribution is 2.39. The Bertz CT molecular complexity index is 706. The summed E-state index contributed by atoms with van der Waals surface area (Å²) in [5.74, 6) is 0. The molecule has 0 atom stereocenters. The van der Waals surface area contributed by atoms with Crippen molar-refractivity contribution >= 4 is 9.53 Å². The van der Waals surface area contributed by atoms with E-state index in [-0.39, 0.29) is 0 Å². The van der Waals surface area contributed by atoms with Gasteiger partial charge in [-0.1, -0.05) is 91.0 Å². The minimum Gasteiger partial charge on any atom is -0.376 e. The lowest BCUT2D eigenvalue weighted by Gasteiger charge is -2.36. The molecular weight excluding hydrogens is 364 g/mol. The summed E-state index contributed by atoms with van der Waals surface area (Å²) >= 11 is 0. The molecule has 0 saturated heterocycles. The fourth-order valence-electron chi connectivity index (χ4n) is 3.53. The Labute approximate surface area is 169 Å². The van der Waals surface area contributed by atoms with Gasteiger partial charge in [-0.3, -0.25) is 0 Å². The summed E-state index contributed by atoms with van der Waals surface area (Å²) in [6.07, 6.45) is 0. The lowest BCUT2D eigenvalue weighted by Crippen LogP contribution is -2.39. The van der Waals surface area contributed by atoms with Crippen LogP contribution in [0.4, 0.5) is 0 Å². The van der Waals surface area contributed by atoms with Crippen molar-refractivity contribution in [2.45, 2.75) is 19.3 Å². The maximum Gasteiger partial charge on any atom is 0.484 e. The predicted molar refractivity (Wildman–Crippen MR) is 116 cm³/mol. The summed E-state index contributed by atoms with van der Waals surface area (Å²) in [6, 6.07) is 31.6. The number of hydrogen-bond acceptors (Lipinski definition) is 3. The van der Waals surface area contributed by atoms with Gasteiger partial charge < -0.3 is 13.3 Å². The van der Waals surface area contributed by atoms with Crippen molar-refractivity contribution in [1.29, 1.82) is 0 Å². The smallest absolute Gasteiger partial charge is 0.376 e. The zero-order chi connectivity index (χ0) is 19.7. The molecule has 0 unspecified atom stereocenters. The van der Waals surface area contributed by atoms with Gasteiger partial charge in [0.15, 0.2) is 0 Å². The molecule has 0 fully saturated rings. The number of benzene rings is 3. The molecule has 0 N–H and O–H groups in total. The van der Waals surface area contributed by atoms with Gasteiger partial charge in [-0.05, 0) is 30.5 Å². The fraction of sp³-hybridized carbons (Fsp3) is 0.250. The Kier molecular flexibility index (Phi) is 7.57. The molecule has 3 rings (SSSR count). The van der Waals surface area contributed by atoms with Crippen LogP contribution in [0.1, 0.15) is 30.5 Å². The monoisotopic (exact) mass is 392 g/mol. The van der Waals surface area contributed by atoms with Crippen LogP contribution in [-0.2, 0) is 18.7 Å². The Hall–Kier alpha value is -2.24.